The van der Waals surface area contributed by atoms with Gasteiger partial charge in [0.25, 0.3) is 0 Å². The fourth-order valence-electron chi connectivity index (χ4n) is 3.32. The first kappa shape index (κ1) is 14.1. The van der Waals surface area contributed by atoms with Crippen LogP contribution in [0.15, 0.2) is 30.3 Å². The van der Waals surface area contributed by atoms with Crippen LogP contribution in [0.4, 0.5) is 0 Å². The number of hydrogen-bond donors (Lipinski definition) is 1. The molecule has 1 aromatic carbocycles. The molecule has 1 aliphatic rings. The smallest absolute Gasteiger partial charge is 0.0386 e. The zero-order valence-corrected chi connectivity index (χ0v) is 13.2. The van der Waals surface area contributed by atoms with E-state index in [-0.39, 0.29) is 0 Å². The maximum absolute atomic E-state index is 3.69. The molecule has 1 atom stereocenters. The Hall–Kier alpha value is -0.860. The SMILES string of the molecule is CC(NCCCC1CCCC1)c1cc2ccccc2s1. The molecular weight excluding hydrogens is 262 g/mol. The van der Waals surface area contributed by atoms with Gasteiger partial charge in [-0.15, -0.1) is 11.3 Å². The largest absolute Gasteiger partial charge is 0.309 e. The van der Waals surface area contributed by atoms with Crippen LogP contribution in [-0.4, -0.2) is 6.54 Å². The van der Waals surface area contributed by atoms with Gasteiger partial charge < -0.3 is 5.32 Å². The predicted octanol–water partition coefficient (Wildman–Crippen LogP) is 5.52. The van der Waals surface area contributed by atoms with Crippen molar-refractivity contribution in [1.29, 1.82) is 0 Å². The number of hydrogen-bond acceptors (Lipinski definition) is 2. The Balaban J connectivity index is 1.47. The zero-order chi connectivity index (χ0) is 13.8. The van der Waals surface area contributed by atoms with Gasteiger partial charge in [0.1, 0.15) is 0 Å². The topological polar surface area (TPSA) is 12.0 Å². The van der Waals surface area contributed by atoms with Crippen molar-refractivity contribution in [2.75, 3.05) is 6.54 Å². The molecule has 0 spiro atoms. The third-order valence-corrected chi connectivity index (χ3v) is 5.88. The summed E-state index contributed by atoms with van der Waals surface area (Å²) in [5.74, 6) is 1.02. The standard InChI is InChI=1S/C18H25NS/c1-14(19-12-6-9-15-7-2-3-8-15)18-13-16-10-4-5-11-17(16)20-18/h4-5,10-11,13-15,19H,2-3,6-9,12H2,1H3. The molecule has 0 bridgehead atoms. The van der Waals surface area contributed by atoms with Gasteiger partial charge in [0.05, 0.1) is 0 Å². The third kappa shape index (κ3) is 3.42. The maximum atomic E-state index is 3.69. The summed E-state index contributed by atoms with van der Waals surface area (Å²) in [6, 6.07) is 11.5. The van der Waals surface area contributed by atoms with Gasteiger partial charge in [-0.2, -0.15) is 0 Å². The van der Waals surface area contributed by atoms with Crippen LogP contribution < -0.4 is 5.32 Å². The highest BCUT2D eigenvalue weighted by atomic mass is 32.1. The summed E-state index contributed by atoms with van der Waals surface area (Å²) in [6.45, 7) is 3.45. The third-order valence-electron chi connectivity index (χ3n) is 4.59. The predicted molar refractivity (Wildman–Crippen MR) is 89.4 cm³/mol. The Bertz CT molecular complexity index is 506. The number of benzene rings is 1. The van der Waals surface area contributed by atoms with Gasteiger partial charge in [-0.25, -0.2) is 0 Å². The first-order valence-corrected chi connectivity index (χ1v) is 8.86. The average Bonchev–Trinajstić information content (AvgIpc) is 3.12. The van der Waals surface area contributed by atoms with E-state index >= 15 is 0 Å². The van der Waals surface area contributed by atoms with E-state index in [0.717, 1.165) is 12.5 Å². The maximum Gasteiger partial charge on any atom is 0.0386 e. The van der Waals surface area contributed by atoms with Gasteiger partial charge >= 0.3 is 0 Å². The molecule has 1 unspecified atom stereocenters. The highest BCUT2D eigenvalue weighted by Crippen LogP contribution is 2.30. The van der Waals surface area contributed by atoms with Gasteiger partial charge in [0, 0.05) is 15.6 Å². The van der Waals surface area contributed by atoms with E-state index in [9.17, 15) is 0 Å². The molecule has 108 valence electrons. The molecule has 1 N–H and O–H groups in total. The summed E-state index contributed by atoms with van der Waals surface area (Å²) in [5, 5.41) is 5.08. The number of fused-ring (bicyclic) bond motifs is 1. The molecule has 1 nitrogen and oxygen atoms in total. The first-order chi connectivity index (χ1) is 9.83. The van der Waals surface area contributed by atoms with Gasteiger partial charge in [0.2, 0.25) is 0 Å². The molecule has 0 saturated heterocycles. The van der Waals surface area contributed by atoms with Crippen LogP contribution >= 0.6 is 11.3 Å². The Morgan fingerprint density at radius 1 is 1.25 bits per heavy atom. The highest BCUT2D eigenvalue weighted by Gasteiger charge is 2.14. The minimum atomic E-state index is 0.482. The van der Waals surface area contributed by atoms with Crippen LogP contribution in [0.25, 0.3) is 10.1 Å². The van der Waals surface area contributed by atoms with Gasteiger partial charge in [-0.3, -0.25) is 0 Å². The molecule has 0 aliphatic heterocycles. The van der Waals surface area contributed by atoms with Crippen molar-refractivity contribution in [1.82, 2.24) is 5.32 Å². The van der Waals surface area contributed by atoms with Crippen molar-refractivity contribution >= 4 is 21.4 Å². The first-order valence-electron chi connectivity index (χ1n) is 8.05. The monoisotopic (exact) mass is 287 g/mol. The lowest BCUT2D eigenvalue weighted by Gasteiger charge is -2.13. The van der Waals surface area contributed by atoms with E-state index in [2.05, 4.69) is 42.6 Å². The Labute approximate surface area is 126 Å². The molecular formula is C18H25NS. The second-order valence-corrected chi connectivity index (χ2v) is 7.27. The second kappa shape index (κ2) is 6.73. The van der Waals surface area contributed by atoms with E-state index < -0.39 is 0 Å². The van der Waals surface area contributed by atoms with Crippen LogP contribution in [0.3, 0.4) is 0 Å². The summed E-state index contributed by atoms with van der Waals surface area (Å²) in [5.41, 5.74) is 0. The van der Waals surface area contributed by atoms with Crippen molar-refractivity contribution in [3.05, 3.63) is 35.2 Å². The van der Waals surface area contributed by atoms with Crippen LogP contribution in [0.1, 0.15) is 56.4 Å². The second-order valence-electron chi connectivity index (χ2n) is 6.16. The summed E-state index contributed by atoms with van der Waals surface area (Å²) in [6.07, 6.45) is 8.65. The summed E-state index contributed by atoms with van der Waals surface area (Å²) >= 11 is 1.93. The summed E-state index contributed by atoms with van der Waals surface area (Å²) < 4.78 is 1.40. The van der Waals surface area contributed by atoms with E-state index in [4.69, 9.17) is 0 Å². The molecule has 0 radical (unpaired) electrons. The molecule has 1 aliphatic carbocycles. The lowest BCUT2D eigenvalue weighted by Crippen LogP contribution is -2.19. The Morgan fingerprint density at radius 3 is 2.85 bits per heavy atom. The normalized spacial score (nSPS) is 17.9. The minimum absolute atomic E-state index is 0.482. The number of rotatable bonds is 6. The number of thiophene rings is 1. The van der Waals surface area contributed by atoms with Crippen LogP contribution in [0, 0.1) is 5.92 Å². The molecule has 1 saturated carbocycles. The van der Waals surface area contributed by atoms with Crippen LogP contribution in [0.2, 0.25) is 0 Å². The average molecular weight is 287 g/mol. The number of nitrogens with one attached hydrogen (secondary N) is 1. The van der Waals surface area contributed by atoms with E-state index in [1.54, 1.807) is 0 Å². The molecule has 0 amide bonds. The molecule has 20 heavy (non-hydrogen) atoms. The fraction of sp³-hybridized carbons (Fsp3) is 0.556. The van der Waals surface area contributed by atoms with Gasteiger partial charge in [-0.05, 0) is 49.7 Å². The van der Waals surface area contributed by atoms with Crippen molar-refractivity contribution in [3.63, 3.8) is 0 Å². The molecule has 3 rings (SSSR count). The lowest BCUT2D eigenvalue weighted by molar-refractivity contribution is 0.457. The highest BCUT2D eigenvalue weighted by molar-refractivity contribution is 7.19. The van der Waals surface area contributed by atoms with Crippen LogP contribution in [-0.2, 0) is 0 Å². The van der Waals surface area contributed by atoms with E-state index in [0.29, 0.717) is 6.04 Å². The molecule has 2 aromatic rings. The lowest BCUT2D eigenvalue weighted by atomic mass is 10.0. The molecule has 2 heteroatoms. The zero-order valence-electron chi connectivity index (χ0n) is 12.4. The van der Waals surface area contributed by atoms with Crippen molar-refractivity contribution in [3.8, 4) is 0 Å². The van der Waals surface area contributed by atoms with Crippen molar-refractivity contribution in [2.24, 2.45) is 5.92 Å². The minimum Gasteiger partial charge on any atom is -0.309 e. The van der Waals surface area contributed by atoms with Crippen molar-refractivity contribution in [2.45, 2.75) is 51.5 Å². The van der Waals surface area contributed by atoms with Crippen molar-refractivity contribution < 1.29 is 0 Å². The van der Waals surface area contributed by atoms with E-state index in [1.807, 2.05) is 11.3 Å². The van der Waals surface area contributed by atoms with Gasteiger partial charge in [0.15, 0.2) is 0 Å². The van der Waals surface area contributed by atoms with E-state index in [1.165, 1.54) is 53.5 Å². The van der Waals surface area contributed by atoms with Gasteiger partial charge in [-0.1, -0.05) is 43.9 Å². The van der Waals surface area contributed by atoms with Crippen LogP contribution in [0.5, 0.6) is 0 Å². The summed E-state index contributed by atoms with van der Waals surface area (Å²) in [4.78, 5) is 1.46. The quantitative estimate of drug-likeness (QED) is 0.689. The summed E-state index contributed by atoms with van der Waals surface area (Å²) in [7, 11) is 0. The molecule has 1 fully saturated rings. The Kier molecular flexibility index (Phi) is 4.74. The fourth-order valence-corrected chi connectivity index (χ4v) is 4.42. The Morgan fingerprint density at radius 2 is 2.05 bits per heavy atom. The molecule has 1 heterocycles. The molecule has 1 aromatic heterocycles.